The molecule has 0 saturated heterocycles. The molecule has 13 heavy (non-hydrogen) atoms. The Kier molecular flexibility index (Phi) is 3.62. The van der Waals surface area contributed by atoms with E-state index in [1.165, 1.54) is 12.2 Å². The van der Waals surface area contributed by atoms with E-state index in [1.54, 1.807) is 12.1 Å². The number of benzene rings is 1. The maximum absolute atomic E-state index is 8.32. The zero-order valence-electron chi connectivity index (χ0n) is 6.39. The fraction of sp³-hybridized carbons (Fsp3) is 0. The Balaban J connectivity index is 3.27. The molecule has 1 rings (SSSR count). The van der Waals surface area contributed by atoms with E-state index < -0.39 is 0 Å². The van der Waals surface area contributed by atoms with Crippen molar-refractivity contribution in [1.82, 2.24) is 0 Å². The van der Waals surface area contributed by atoms with E-state index in [-0.39, 0.29) is 0 Å². The van der Waals surface area contributed by atoms with Crippen molar-refractivity contribution < 1.29 is 0 Å². The Hall–Kier alpha value is -0.680. The van der Waals surface area contributed by atoms with Gasteiger partial charge in [0.2, 0.25) is 0 Å². The van der Waals surface area contributed by atoms with Crippen LogP contribution in [0.5, 0.6) is 0 Å². The Labute approximate surface area is 91.1 Å². The molecule has 0 amide bonds. The zero-order chi connectivity index (χ0) is 9.84. The van der Waals surface area contributed by atoms with E-state index in [2.05, 4.69) is 0 Å². The van der Waals surface area contributed by atoms with Gasteiger partial charge in [-0.2, -0.15) is 5.26 Å². The molecular formula is C9H4Cl3N. The first kappa shape index (κ1) is 10.4. The van der Waals surface area contributed by atoms with Crippen LogP contribution in [0.25, 0.3) is 6.08 Å². The first-order valence-corrected chi connectivity index (χ1v) is 4.50. The third-order valence-electron chi connectivity index (χ3n) is 1.40. The lowest BCUT2D eigenvalue weighted by molar-refractivity contribution is 1.54. The molecule has 0 spiro atoms. The predicted octanol–water partition coefficient (Wildman–Crippen LogP) is 4.18. The molecule has 0 radical (unpaired) electrons. The van der Waals surface area contributed by atoms with Gasteiger partial charge in [-0.3, -0.25) is 0 Å². The van der Waals surface area contributed by atoms with Crippen molar-refractivity contribution in [1.29, 1.82) is 5.26 Å². The van der Waals surface area contributed by atoms with E-state index in [9.17, 15) is 0 Å². The van der Waals surface area contributed by atoms with Gasteiger partial charge in [0.25, 0.3) is 0 Å². The van der Waals surface area contributed by atoms with Crippen LogP contribution in [0, 0.1) is 11.3 Å². The molecule has 0 bridgehead atoms. The van der Waals surface area contributed by atoms with Crippen molar-refractivity contribution in [2.75, 3.05) is 0 Å². The minimum atomic E-state index is 0.362. The summed E-state index contributed by atoms with van der Waals surface area (Å²) in [5, 5.41) is 9.58. The largest absolute Gasteiger partial charge is 0.193 e. The lowest BCUT2D eigenvalue weighted by Crippen LogP contribution is -1.78. The van der Waals surface area contributed by atoms with E-state index in [0.29, 0.717) is 20.6 Å². The molecule has 0 aliphatic rings. The van der Waals surface area contributed by atoms with Crippen molar-refractivity contribution in [3.05, 3.63) is 38.8 Å². The van der Waals surface area contributed by atoms with Crippen LogP contribution in [-0.4, -0.2) is 0 Å². The van der Waals surface area contributed by atoms with Gasteiger partial charge in [0, 0.05) is 16.7 Å². The van der Waals surface area contributed by atoms with E-state index in [0.717, 1.165) is 0 Å². The lowest BCUT2D eigenvalue weighted by atomic mass is 10.2. The smallest absolute Gasteiger partial charge is 0.0912 e. The average molecular weight is 232 g/mol. The summed E-state index contributed by atoms with van der Waals surface area (Å²) in [6, 6.07) is 5.09. The highest BCUT2D eigenvalue weighted by Crippen LogP contribution is 2.32. The summed E-state index contributed by atoms with van der Waals surface area (Å²) >= 11 is 17.4. The predicted molar refractivity (Wildman–Crippen MR) is 56.1 cm³/mol. The van der Waals surface area contributed by atoms with Crippen LogP contribution in [0.15, 0.2) is 18.2 Å². The molecule has 0 aromatic heterocycles. The highest BCUT2D eigenvalue weighted by atomic mass is 35.5. The molecule has 0 atom stereocenters. The standard InChI is InChI=1S/C9H4Cl3N/c10-7-3-4-8(11)9(12)6(7)2-1-5-13/h1-4H. The minimum absolute atomic E-state index is 0.362. The Morgan fingerprint density at radius 2 is 1.77 bits per heavy atom. The lowest BCUT2D eigenvalue weighted by Gasteiger charge is -2.02. The van der Waals surface area contributed by atoms with Gasteiger partial charge in [0.15, 0.2) is 0 Å². The topological polar surface area (TPSA) is 23.8 Å². The summed E-state index contributed by atoms with van der Waals surface area (Å²) in [4.78, 5) is 0. The molecule has 66 valence electrons. The van der Waals surface area contributed by atoms with Crippen LogP contribution >= 0.6 is 34.8 Å². The Bertz CT molecular complexity index is 391. The van der Waals surface area contributed by atoms with Gasteiger partial charge in [-0.15, -0.1) is 0 Å². The highest BCUT2D eigenvalue weighted by molar-refractivity contribution is 6.44. The quantitative estimate of drug-likeness (QED) is 0.526. The second-order valence-corrected chi connectivity index (χ2v) is 3.41. The molecule has 0 saturated carbocycles. The van der Waals surface area contributed by atoms with Crippen LogP contribution in [0.1, 0.15) is 5.56 Å². The minimum Gasteiger partial charge on any atom is -0.193 e. The molecule has 0 unspecified atom stereocenters. The van der Waals surface area contributed by atoms with Gasteiger partial charge in [0.05, 0.1) is 16.1 Å². The number of hydrogen-bond acceptors (Lipinski definition) is 1. The molecule has 0 aliphatic heterocycles. The monoisotopic (exact) mass is 231 g/mol. The summed E-state index contributed by atoms with van der Waals surface area (Å²) < 4.78 is 0. The van der Waals surface area contributed by atoms with Gasteiger partial charge in [-0.1, -0.05) is 34.8 Å². The maximum Gasteiger partial charge on any atom is 0.0912 e. The summed E-state index contributed by atoms with van der Waals surface area (Å²) in [5.74, 6) is 0. The van der Waals surface area contributed by atoms with Crippen LogP contribution < -0.4 is 0 Å². The summed E-state index contributed by atoms with van der Waals surface area (Å²) in [7, 11) is 0. The average Bonchev–Trinajstić information content (AvgIpc) is 2.12. The Morgan fingerprint density at radius 1 is 1.15 bits per heavy atom. The van der Waals surface area contributed by atoms with Crippen LogP contribution in [0.3, 0.4) is 0 Å². The number of hydrogen-bond donors (Lipinski definition) is 0. The molecule has 1 aromatic carbocycles. The zero-order valence-corrected chi connectivity index (χ0v) is 8.66. The molecule has 4 heteroatoms. The van der Waals surface area contributed by atoms with Crippen molar-refractivity contribution >= 4 is 40.9 Å². The molecule has 0 aliphatic carbocycles. The normalized spacial score (nSPS) is 10.3. The van der Waals surface area contributed by atoms with Crippen molar-refractivity contribution in [2.45, 2.75) is 0 Å². The third kappa shape index (κ3) is 2.38. The van der Waals surface area contributed by atoms with Crippen LogP contribution in [-0.2, 0) is 0 Å². The second kappa shape index (κ2) is 4.53. The summed E-state index contributed by atoms with van der Waals surface area (Å²) in [5.41, 5.74) is 0.567. The summed E-state index contributed by atoms with van der Waals surface area (Å²) in [6.45, 7) is 0. The maximum atomic E-state index is 8.32. The Morgan fingerprint density at radius 3 is 2.38 bits per heavy atom. The van der Waals surface area contributed by atoms with E-state index in [4.69, 9.17) is 40.1 Å². The van der Waals surface area contributed by atoms with Gasteiger partial charge in [0.1, 0.15) is 0 Å². The number of nitriles is 1. The van der Waals surface area contributed by atoms with Crippen molar-refractivity contribution in [3.63, 3.8) is 0 Å². The summed E-state index contributed by atoms with van der Waals surface area (Å²) in [6.07, 6.45) is 2.82. The first-order valence-electron chi connectivity index (χ1n) is 3.36. The molecule has 0 fully saturated rings. The second-order valence-electron chi connectivity index (χ2n) is 2.22. The van der Waals surface area contributed by atoms with Crippen molar-refractivity contribution in [3.8, 4) is 6.07 Å². The highest BCUT2D eigenvalue weighted by Gasteiger charge is 2.05. The van der Waals surface area contributed by atoms with Crippen molar-refractivity contribution in [2.24, 2.45) is 0 Å². The van der Waals surface area contributed by atoms with E-state index >= 15 is 0 Å². The van der Waals surface area contributed by atoms with Gasteiger partial charge in [-0.25, -0.2) is 0 Å². The molecule has 0 N–H and O–H groups in total. The number of rotatable bonds is 1. The van der Waals surface area contributed by atoms with E-state index in [1.807, 2.05) is 6.07 Å². The van der Waals surface area contributed by atoms with Gasteiger partial charge >= 0.3 is 0 Å². The molecule has 0 heterocycles. The molecule has 1 nitrogen and oxygen atoms in total. The number of halogens is 3. The first-order chi connectivity index (χ1) is 6.16. The number of allylic oxidation sites excluding steroid dienone is 1. The SMILES string of the molecule is N#CC=Cc1c(Cl)ccc(Cl)c1Cl. The fourth-order valence-electron chi connectivity index (χ4n) is 0.816. The molecular weight excluding hydrogens is 228 g/mol. The molecule has 1 aromatic rings. The van der Waals surface area contributed by atoms with Gasteiger partial charge < -0.3 is 0 Å². The third-order valence-corrected chi connectivity index (χ3v) is 2.55. The number of nitrogens with zero attached hydrogens (tertiary/aromatic N) is 1. The van der Waals surface area contributed by atoms with Gasteiger partial charge in [-0.05, 0) is 18.2 Å². The van der Waals surface area contributed by atoms with Crippen LogP contribution in [0.2, 0.25) is 15.1 Å². The van der Waals surface area contributed by atoms with Crippen LogP contribution in [0.4, 0.5) is 0 Å². The fourth-order valence-corrected chi connectivity index (χ4v) is 1.48.